The average Bonchev–Trinajstić information content (AvgIpc) is 3.32. The van der Waals surface area contributed by atoms with Crippen molar-refractivity contribution >= 4 is 23.5 Å². The summed E-state index contributed by atoms with van der Waals surface area (Å²) in [7, 11) is 0. The molecule has 0 aromatic heterocycles. The predicted molar refractivity (Wildman–Crippen MR) is 190 cm³/mol. The number of carbonyl (C=O) groups excluding carboxylic acids is 3. The van der Waals surface area contributed by atoms with Crippen molar-refractivity contribution in [2.75, 3.05) is 0 Å². The first-order chi connectivity index (χ1) is 22.7. The van der Waals surface area contributed by atoms with Gasteiger partial charge in [0.2, 0.25) is 0 Å². The quantitative estimate of drug-likeness (QED) is 0.277. The van der Waals surface area contributed by atoms with Crippen LogP contribution in [0.5, 0.6) is 0 Å². The monoisotopic (exact) mass is 672 g/mol. The van der Waals surface area contributed by atoms with E-state index in [4.69, 9.17) is 4.74 Å². The van der Waals surface area contributed by atoms with Crippen LogP contribution in [0.25, 0.3) is 0 Å². The fourth-order valence-electron chi connectivity index (χ4n) is 12.7. The van der Waals surface area contributed by atoms with Gasteiger partial charge in [-0.15, -0.1) is 0 Å². The largest absolute Gasteiger partial charge is 0.481 e. The summed E-state index contributed by atoms with van der Waals surface area (Å²) in [4.78, 5) is 53.2. The maximum atomic E-state index is 14.5. The van der Waals surface area contributed by atoms with Gasteiger partial charge in [-0.05, 0) is 122 Å². The summed E-state index contributed by atoms with van der Waals surface area (Å²) in [5, 5.41) is 9.59. The number of hydrogen-bond acceptors (Lipinski definition) is 5. The van der Waals surface area contributed by atoms with E-state index in [0.29, 0.717) is 24.7 Å². The van der Waals surface area contributed by atoms with Crippen molar-refractivity contribution in [2.45, 2.75) is 139 Å². The molecule has 6 rings (SSSR count). The van der Waals surface area contributed by atoms with Crippen LogP contribution in [0.4, 0.5) is 0 Å². The van der Waals surface area contributed by atoms with Crippen molar-refractivity contribution in [2.24, 2.45) is 56.2 Å². The normalized spacial score (nSPS) is 38.3. The Morgan fingerprint density at radius 3 is 2.18 bits per heavy atom. The highest BCUT2D eigenvalue weighted by Crippen LogP contribution is 2.77. The number of hydrogen-bond donors (Lipinski definition) is 1. The first kappa shape index (κ1) is 36.0. The molecule has 0 unspecified atom stereocenters. The fourth-order valence-corrected chi connectivity index (χ4v) is 12.7. The van der Waals surface area contributed by atoms with Crippen molar-refractivity contribution in [1.29, 1.82) is 0 Å². The summed E-state index contributed by atoms with van der Waals surface area (Å²) in [5.74, 6) is 0.165. The van der Waals surface area contributed by atoms with Crippen LogP contribution in [-0.2, 0) is 30.3 Å². The maximum Gasteiger partial charge on any atom is 0.309 e. The number of ketones is 2. The Hall–Kier alpha value is -2.76. The summed E-state index contributed by atoms with van der Waals surface area (Å²) in [6.45, 7) is 19.5. The van der Waals surface area contributed by atoms with Gasteiger partial charge in [-0.25, -0.2) is 0 Å². The Morgan fingerprint density at radius 2 is 1.55 bits per heavy atom. The number of fused-ring (bicyclic) bond motifs is 7. The Kier molecular flexibility index (Phi) is 8.76. The van der Waals surface area contributed by atoms with Crippen LogP contribution in [0.15, 0.2) is 41.5 Å². The lowest BCUT2D eigenvalue weighted by Gasteiger charge is -2.72. The minimum absolute atomic E-state index is 0.0314. The zero-order valence-electron chi connectivity index (χ0n) is 31.5. The van der Waals surface area contributed by atoms with Crippen molar-refractivity contribution in [3.63, 3.8) is 0 Å². The third kappa shape index (κ3) is 5.31. The fraction of sp³-hybridized carbons (Fsp3) is 0.721. The number of aliphatic carboxylic acids is 1. The van der Waals surface area contributed by atoms with Crippen LogP contribution in [-0.4, -0.2) is 34.7 Å². The van der Waals surface area contributed by atoms with E-state index < -0.39 is 22.8 Å². The lowest BCUT2D eigenvalue weighted by molar-refractivity contribution is -0.233. The minimum Gasteiger partial charge on any atom is -0.481 e. The van der Waals surface area contributed by atoms with Gasteiger partial charge in [0.1, 0.15) is 11.9 Å². The second-order valence-corrected chi connectivity index (χ2v) is 19.1. The van der Waals surface area contributed by atoms with Gasteiger partial charge < -0.3 is 9.84 Å². The predicted octanol–water partition coefficient (Wildman–Crippen LogP) is 9.19. The summed E-state index contributed by atoms with van der Waals surface area (Å²) in [6, 6.07) is 10.0. The van der Waals surface area contributed by atoms with E-state index in [1.807, 2.05) is 30.3 Å². The van der Waals surface area contributed by atoms with Crippen molar-refractivity contribution in [3.8, 4) is 0 Å². The average molecular weight is 673 g/mol. The molecule has 1 N–H and O–H groups in total. The zero-order chi connectivity index (χ0) is 35.9. The van der Waals surface area contributed by atoms with Crippen molar-refractivity contribution in [1.82, 2.24) is 0 Å². The highest BCUT2D eigenvalue weighted by atomic mass is 16.5. The molecular weight excluding hydrogens is 612 g/mol. The summed E-state index contributed by atoms with van der Waals surface area (Å²) in [6.07, 6.45) is 7.98. The van der Waals surface area contributed by atoms with E-state index in [9.17, 15) is 24.3 Å². The van der Waals surface area contributed by atoms with E-state index >= 15 is 0 Å². The molecule has 0 bridgehead atoms. The van der Waals surface area contributed by atoms with Crippen LogP contribution in [0, 0.1) is 56.2 Å². The third-order valence-corrected chi connectivity index (χ3v) is 15.6. The lowest BCUT2D eigenvalue weighted by atomic mass is 9.33. The second-order valence-electron chi connectivity index (χ2n) is 19.1. The summed E-state index contributed by atoms with van der Waals surface area (Å²) >= 11 is 0. The maximum absolute atomic E-state index is 14.5. The molecule has 0 amide bonds. The third-order valence-electron chi connectivity index (χ3n) is 15.6. The van der Waals surface area contributed by atoms with Gasteiger partial charge in [0.05, 0.1) is 17.3 Å². The molecule has 5 aliphatic rings. The lowest BCUT2D eigenvalue weighted by Crippen LogP contribution is -2.66. The number of rotatable bonds is 8. The molecule has 0 heterocycles. The molecule has 0 spiro atoms. The smallest absolute Gasteiger partial charge is 0.309 e. The molecule has 1 aromatic carbocycles. The molecule has 6 heteroatoms. The Labute approximate surface area is 294 Å². The van der Waals surface area contributed by atoms with Gasteiger partial charge in [-0.3, -0.25) is 19.2 Å². The molecule has 49 heavy (non-hydrogen) atoms. The molecule has 0 aliphatic heterocycles. The van der Waals surface area contributed by atoms with Crippen LogP contribution in [0.2, 0.25) is 0 Å². The van der Waals surface area contributed by atoms with Gasteiger partial charge in [0.25, 0.3) is 0 Å². The van der Waals surface area contributed by atoms with Gasteiger partial charge >= 0.3 is 11.9 Å². The molecule has 4 saturated carbocycles. The number of carboxylic acids is 1. The molecule has 6 nitrogen and oxygen atoms in total. The molecule has 4 fully saturated rings. The number of carbonyl (C=O) groups is 4. The highest BCUT2D eigenvalue weighted by Gasteiger charge is 2.71. The van der Waals surface area contributed by atoms with Gasteiger partial charge in [-0.1, -0.05) is 78.8 Å². The number of carboxylic acid groups (broad SMARTS) is 1. The number of benzene rings is 1. The van der Waals surface area contributed by atoms with E-state index in [0.717, 1.165) is 62.5 Å². The Morgan fingerprint density at radius 1 is 0.878 bits per heavy atom. The van der Waals surface area contributed by atoms with E-state index in [2.05, 4.69) is 48.5 Å². The molecule has 1 aromatic rings. The van der Waals surface area contributed by atoms with E-state index in [-0.39, 0.29) is 57.6 Å². The summed E-state index contributed by atoms with van der Waals surface area (Å²) < 4.78 is 6.15. The van der Waals surface area contributed by atoms with Crippen molar-refractivity contribution in [3.05, 3.63) is 47.0 Å². The van der Waals surface area contributed by atoms with E-state index in [1.165, 1.54) is 5.57 Å². The molecule has 8 atom stereocenters. The Bertz CT molecular complexity index is 1570. The second kappa shape index (κ2) is 11.9. The number of Topliss-reactive ketones (excluding diaryl/α,β-unsaturated/α-hetero) is 2. The van der Waals surface area contributed by atoms with Crippen LogP contribution >= 0.6 is 0 Å². The minimum atomic E-state index is -1.16. The standard InChI is InChI=1S/C43H60O6/c1-26(2)35-29(44)24-43(32(45)23-27-13-11-10-12-14-27)22-21-41(8)28(36(35)43)15-16-31-40(7)19-18-33(49-34(46)25-38(3,4)37(47)48)39(5,6)30(40)17-20-42(31,41)9/h10-14,26,28,30-31,33H,15-25H2,1-9H3,(H,47,48)/t28-,30+,31-,33+,40+,41-,42-,43+/m1/s1. The zero-order valence-corrected chi connectivity index (χ0v) is 31.5. The first-order valence-corrected chi connectivity index (χ1v) is 19.0. The molecule has 0 radical (unpaired) electrons. The summed E-state index contributed by atoms with van der Waals surface area (Å²) in [5.41, 5.74) is 1.18. The van der Waals surface area contributed by atoms with E-state index in [1.54, 1.807) is 13.8 Å². The highest BCUT2D eigenvalue weighted by molar-refractivity contribution is 6.07. The van der Waals surface area contributed by atoms with Crippen LogP contribution in [0.1, 0.15) is 132 Å². The van der Waals surface area contributed by atoms with Crippen LogP contribution < -0.4 is 0 Å². The van der Waals surface area contributed by atoms with Gasteiger partial charge in [0.15, 0.2) is 5.78 Å². The molecule has 0 saturated heterocycles. The molecular formula is C43H60O6. The topological polar surface area (TPSA) is 97.7 Å². The first-order valence-electron chi connectivity index (χ1n) is 19.0. The Balaban J connectivity index is 1.31. The SMILES string of the molecule is CC(C)C1=C2[C@H]3CC[C@@H]4[C@@]5(C)CC[C@H](OC(=O)CC(C)(C)C(=O)O)C(C)(C)[C@@H]5CC[C@@]4(C)[C@]3(C)CC[C@@]2(C(=O)Cc2ccccc2)CC1=O. The van der Waals surface area contributed by atoms with Crippen molar-refractivity contribution < 1.29 is 29.0 Å². The van der Waals surface area contributed by atoms with Crippen LogP contribution in [0.3, 0.4) is 0 Å². The number of allylic oxidation sites excluding steroid dienone is 2. The van der Waals surface area contributed by atoms with Gasteiger partial charge in [-0.2, -0.15) is 0 Å². The molecule has 5 aliphatic carbocycles. The van der Waals surface area contributed by atoms with Gasteiger partial charge in [0, 0.05) is 18.3 Å². The molecule has 268 valence electrons. The number of ether oxygens (including phenoxy) is 1. The number of esters is 1.